The van der Waals surface area contributed by atoms with Crippen molar-refractivity contribution in [3.8, 4) is 0 Å². The lowest BCUT2D eigenvalue weighted by atomic mass is 10.1. The normalized spacial score (nSPS) is 11.7. The smallest absolute Gasteiger partial charge is 0.304 e. The first-order valence-electron chi connectivity index (χ1n) is 7.82. The van der Waals surface area contributed by atoms with Crippen LogP contribution in [0.1, 0.15) is 5.56 Å². The molecule has 0 atom stereocenters. The molecular weight excluding hydrogens is 406 g/mol. The van der Waals surface area contributed by atoms with E-state index >= 15 is 0 Å². The molecule has 0 fully saturated rings. The molecule has 0 unspecified atom stereocenters. The Morgan fingerprint density at radius 3 is 2.58 bits per heavy atom. The van der Waals surface area contributed by atoms with Crippen molar-refractivity contribution < 1.29 is 13.5 Å². The zero-order valence-electron chi connectivity index (χ0n) is 14.1. The van der Waals surface area contributed by atoms with E-state index in [1.807, 2.05) is 0 Å². The Morgan fingerprint density at radius 1 is 1.15 bits per heavy atom. The minimum atomic E-state index is -0.465. The second-order valence-electron chi connectivity index (χ2n) is 6.16. The van der Waals surface area contributed by atoms with Gasteiger partial charge in [0.2, 0.25) is 0 Å². The topological polar surface area (TPSA) is 78.7 Å². The van der Waals surface area contributed by atoms with Crippen LogP contribution in [0.25, 0.3) is 21.8 Å². The van der Waals surface area contributed by atoms with E-state index < -0.39 is 11.6 Å². The predicted octanol–water partition coefficient (Wildman–Crippen LogP) is 2.61. The second-order valence-corrected chi connectivity index (χ2v) is 6.96. The highest BCUT2D eigenvalue weighted by atomic mass is 79.9. The van der Waals surface area contributed by atoms with Gasteiger partial charge in [0, 0.05) is 19.7 Å². The van der Waals surface area contributed by atoms with Gasteiger partial charge in [-0.05, 0) is 34.1 Å². The molecule has 0 bridgehead atoms. The number of aromatic nitrogens is 4. The number of rotatable bonds is 2. The Morgan fingerprint density at radius 2 is 1.88 bits per heavy atom. The molecule has 4 rings (SSSR count). The monoisotopic (exact) mass is 421 g/mol. The van der Waals surface area contributed by atoms with E-state index in [4.69, 9.17) is 11.5 Å². The minimum absolute atomic E-state index is 0.131. The molecule has 134 valence electrons. The van der Waals surface area contributed by atoms with Crippen LogP contribution in [-0.4, -0.2) is 14.5 Å². The highest BCUT2D eigenvalue weighted by molar-refractivity contribution is 9.10. The van der Waals surface area contributed by atoms with E-state index in [0.29, 0.717) is 26.5 Å². The molecule has 0 saturated heterocycles. The maximum atomic E-state index is 14.6. The number of aryl methyl sites for hydroxylation is 2. The first-order valence-corrected chi connectivity index (χ1v) is 8.62. The summed E-state index contributed by atoms with van der Waals surface area (Å²) < 4.78 is 34.4. The average molecular weight is 422 g/mol. The number of nitrogen functional groups attached to an aromatic ring is 2. The van der Waals surface area contributed by atoms with Crippen LogP contribution in [0.3, 0.4) is 0 Å². The summed E-state index contributed by atoms with van der Waals surface area (Å²) in [5, 5.41) is 4.69. The summed E-state index contributed by atoms with van der Waals surface area (Å²) in [5.74, 6) is -0.453. The highest BCUT2D eigenvalue weighted by Crippen LogP contribution is 2.33. The van der Waals surface area contributed by atoms with E-state index in [1.165, 1.54) is 16.8 Å². The van der Waals surface area contributed by atoms with Crippen LogP contribution < -0.4 is 16.1 Å². The predicted molar refractivity (Wildman–Crippen MR) is 99.4 cm³/mol. The molecule has 26 heavy (non-hydrogen) atoms. The third-order valence-electron chi connectivity index (χ3n) is 4.66. The van der Waals surface area contributed by atoms with Gasteiger partial charge in [0.25, 0.3) is 0 Å². The molecule has 0 aliphatic heterocycles. The zero-order chi connectivity index (χ0) is 18.7. The molecule has 0 radical (unpaired) electrons. The molecule has 0 spiro atoms. The van der Waals surface area contributed by atoms with E-state index in [0.717, 1.165) is 0 Å². The number of halogens is 3. The fourth-order valence-corrected chi connectivity index (χ4v) is 4.09. The molecule has 0 saturated carbocycles. The summed E-state index contributed by atoms with van der Waals surface area (Å²) in [4.78, 5) is 0. The Kier molecular flexibility index (Phi) is 3.65. The molecule has 2 aromatic heterocycles. The van der Waals surface area contributed by atoms with Gasteiger partial charge < -0.3 is 5.73 Å². The van der Waals surface area contributed by atoms with Crippen LogP contribution in [-0.2, 0) is 20.6 Å². The fraction of sp³-hybridized carbons (Fsp3) is 0.176. The Labute approximate surface area is 155 Å². The number of anilines is 2. The van der Waals surface area contributed by atoms with Crippen LogP contribution in [0, 0.1) is 11.6 Å². The number of hydrogen-bond acceptors (Lipinski definition) is 3. The van der Waals surface area contributed by atoms with E-state index in [1.54, 1.807) is 35.6 Å². The van der Waals surface area contributed by atoms with E-state index in [2.05, 4.69) is 21.0 Å². The molecule has 4 N–H and O–H groups in total. The van der Waals surface area contributed by atoms with Crippen molar-refractivity contribution in [1.82, 2.24) is 14.5 Å². The molecule has 9 heteroatoms. The summed E-state index contributed by atoms with van der Waals surface area (Å²) in [6.45, 7) is 0.245. The maximum Gasteiger partial charge on any atom is 0.304 e. The summed E-state index contributed by atoms with van der Waals surface area (Å²) in [6.07, 6.45) is 0. The lowest BCUT2D eigenvalue weighted by Gasteiger charge is -2.08. The molecule has 2 heterocycles. The summed E-state index contributed by atoms with van der Waals surface area (Å²) >= 11 is 3.52. The van der Waals surface area contributed by atoms with Gasteiger partial charge in [0.15, 0.2) is 5.82 Å². The van der Waals surface area contributed by atoms with Gasteiger partial charge in [0.05, 0.1) is 20.9 Å². The fourth-order valence-electron chi connectivity index (χ4n) is 3.40. The lowest BCUT2D eigenvalue weighted by Crippen LogP contribution is -2.44. The van der Waals surface area contributed by atoms with Crippen LogP contribution in [0.15, 0.2) is 28.7 Å². The molecule has 0 aliphatic carbocycles. The number of benzene rings is 2. The number of hydrogen-bond donors (Lipinski definition) is 2. The molecule has 0 aliphatic rings. The maximum absolute atomic E-state index is 14.6. The van der Waals surface area contributed by atoms with Crippen molar-refractivity contribution in [1.29, 1.82) is 0 Å². The van der Waals surface area contributed by atoms with Crippen LogP contribution in [0.2, 0.25) is 0 Å². The molecule has 2 aromatic carbocycles. The van der Waals surface area contributed by atoms with Crippen LogP contribution in [0.4, 0.5) is 20.4 Å². The van der Waals surface area contributed by atoms with Crippen LogP contribution >= 0.6 is 15.9 Å². The minimum Gasteiger partial charge on any atom is -0.382 e. The van der Waals surface area contributed by atoms with Crippen molar-refractivity contribution in [2.24, 2.45) is 14.1 Å². The third-order valence-corrected chi connectivity index (χ3v) is 5.55. The summed E-state index contributed by atoms with van der Waals surface area (Å²) in [5.41, 5.74) is 13.8. The zero-order valence-corrected chi connectivity index (χ0v) is 15.7. The number of nitrogens with zero attached hydrogens (tertiary/aromatic N) is 4. The van der Waals surface area contributed by atoms with Gasteiger partial charge in [-0.15, -0.1) is 0 Å². The van der Waals surface area contributed by atoms with Crippen molar-refractivity contribution in [2.75, 3.05) is 11.5 Å². The molecule has 6 nitrogen and oxygen atoms in total. The second kappa shape index (κ2) is 5.66. The SMILES string of the molecule is Cn1nc(N)c2c(F)cc(C[n+]3c(N)c4c(F)cccc4n3C)c(Br)c21. The summed E-state index contributed by atoms with van der Waals surface area (Å²) in [7, 11) is 3.48. The average Bonchev–Trinajstić information content (AvgIpc) is 3.02. The first-order chi connectivity index (χ1) is 12.3. The van der Waals surface area contributed by atoms with Crippen LogP contribution in [0.5, 0.6) is 0 Å². The Bertz CT molecular complexity index is 1190. The molecule has 4 aromatic rings. The number of fused-ring (bicyclic) bond motifs is 2. The third kappa shape index (κ3) is 2.20. The summed E-state index contributed by atoms with van der Waals surface area (Å²) in [6, 6.07) is 6.17. The Balaban J connectivity index is 1.94. The quantitative estimate of drug-likeness (QED) is 0.488. The highest BCUT2D eigenvalue weighted by Gasteiger charge is 2.24. The molecule has 0 amide bonds. The van der Waals surface area contributed by atoms with Gasteiger partial charge in [-0.2, -0.15) is 9.78 Å². The van der Waals surface area contributed by atoms with Crippen molar-refractivity contribution >= 4 is 49.4 Å². The van der Waals surface area contributed by atoms with Gasteiger partial charge in [-0.3, -0.25) is 10.4 Å². The first kappa shape index (κ1) is 16.8. The van der Waals surface area contributed by atoms with Gasteiger partial charge in [-0.25, -0.2) is 13.5 Å². The Hall–Kier alpha value is -2.68. The largest absolute Gasteiger partial charge is 0.382 e. The van der Waals surface area contributed by atoms with Gasteiger partial charge >= 0.3 is 5.82 Å². The van der Waals surface area contributed by atoms with E-state index in [9.17, 15) is 8.78 Å². The lowest BCUT2D eigenvalue weighted by molar-refractivity contribution is -0.750. The van der Waals surface area contributed by atoms with Gasteiger partial charge in [0.1, 0.15) is 23.6 Å². The van der Waals surface area contributed by atoms with Crippen molar-refractivity contribution in [3.05, 3.63) is 45.9 Å². The van der Waals surface area contributed by atoms with E-state index in [-0.39, 0.29) is 23.6 Å². The molecular formula is C17H16BrF2N6+. The van der Waals surface area contributed by atoms with Crippen molar-refractivity contribution in [2.45, 2.75) is 6.54 Å². The number of nitrogens with two attached hydrogens (primary N) is 2. The standard InChI is InChI=1S/C17H15BrF2N6/c1-24-15-13(16(21)23-24)10(20)6-8(14(15)18)7-26-17(22)12-9(19)4-3-5-11(12)25(26)2/h3-6,22H,7H2,1-2H3,(H2,21,23)/p+1. The van der Waals surface area contributed by atoms with Crippen molar-refractivity contribution in [3.63, 3.8) is 0 Å². The van der Waals surface area contributed by atoms with Gasteiger partial charge in [-0.1, -0.05) is 6.07 Å².